The van der Waals surface area contributed by atoms with E-state index in [1.54, 1.807) is 38.1 Å². The van der Waals surface area contributed by atoms with Crippen molar-refractivity contribution in [2.24, 2.45) is 0 Å². The van der Waals surface area contributed by atoms with Gasteiger partial charge in [0.25, 0.3) is 11.2 Å². The van der Waals surface area contributed by atoms with Crippen molar-refractivity contribution in [3.8, 4) is 11.4 Å². The molecule has 30 heavy (non-hydrogen) atoms. The van der Waals surface area contributed by atoms with Gasteiger partial charge in [-0.05, 0) is 31.5 Å². The first-order valence-corrected chi connectivity index (χ1v) is 9.51. The molecule has 152 valence electrons. The van der Waals surface area contributed by atoms with Crippen molar-refractivity contribution in [2.75, 3.05) is 0 Å². The normalized spacial score (nSPS) is 19.2. The van der Waals surface area contributed by atoms with E-state index in [1.807, 2.05) is 0 Å². The molecule has 0 saturated heterocycles. The molecule has 0 radical (unpaired) electrons. The predicted molar refractivity (Wildman–Crippen MR) is 106 cm³/mol. The predicted octanol–water partition coefficient (Wildman–Crippen LogP) is 2.30. The van der Waals surface area contributed by atoms with E-state index in [-0.39, 0.29) is 41.9 Å². The lowest BCUT2D eigenvalue weighted by Gasteiger charge is -2.31. The lowest BCUT2D eigenvalue weighted by molar-refractivity contribution is -0.383. The Kier molecular flexibility index (Phi) is 3.66. The van der Waals surface area contributed by atoms with Crippen LogP contribution in [0.5, 0.6) is 0 Å². The maximum absolute atomic E-state index is 13.1. The fraction of sp³-hybridized carbons (Fsp3) is 0.286. The van der Waals surface area contributed by atoms with Crippen molar-refractivity contribution in [2.45, 2.75) is 39.0 Å². The first kappa shape index (κ1) is 18.4. The Labute approximate surface area is 169 Å². The Hall–Kier alpha value is -3.59. The van der Waals surface area contributed by atoms with Gasteiger partial charge in [0.05, 0.1) is 39.3 Å². The van der Waals surface area contributed by atoms with Gasteiger partial charge in [-0.15, -0.1) is 0 Å². The maximum atomic E-state index is 13.1. The fourth-order valence-corrected chi connectivity index (χ4v) is 4.39. The van der Waals surface area contributed by atoms with Gasteiger partial charge in [-0.3, -0.25) is 14.9 Å². The van der Waals surface area contributed by atoms with Crippen LogP contribution in [0.25, 0.3) is 22.3 Å². The second-order valence-corrected chi connectivity index (χ2v) is 7.65. The van der Waals surface area contributed by atoms with Gasteiger partial charge in [0.2, 0.25) is 0 Å². The number of nitro groups is 1. The lowest BCUT2D eigenvalue weighted by atomic mass is 9.86. The highest BCUT2D eigenvalue weighted by Gasteiger charge is 2.45. The largest absolute Gasteiger partial charge is 0.458 e. The van der Waals surface area contributed by atoms with E-state index in [9.17, 15) is 24.8 Å². The molecule has 0 unspecified atom stereocenters. The van der Waals surface area contributed by atoms with Gasteiger partial charge in [0.15, 0.2) is 5.60 Å². The molecular weight excluding hydrogens is 390 g/mol. The van der Waals surface area contributed by atoms with Crippen LogP contribution < -0.4 is 5.56 Å². The molecule has 4 heterocycles. The molecule has 0 spiro atoms. The molecule has 0 aliphatic carbocycles. The van der Waals surface area contributed by atoms with Crippen LogP contribution in [0.3, 0.4) is 0 Å². The number of pyridine rings is 2. The molecule has 9 heteroatoms. The summed E-state index contributed by atoms with van der Waals surface area (Å²) in [5, 5.41) is 22.9. The molecule has 0 bridgehead atoms. The molecule has 2 aliphatic rings. The van der Waals surface area contributed by atoms with E-state index >= 15 is 0 Å². The summed E-state index contributed by atoms with van der Waals surface area (Å²) >= 11 is 0. The van der Waals surface area contributed by atoms with Crippen molar-refractivity contribution >= 4 is 22.6 Å². The molecule has 9 nitrogen and oxygen atoms in total. The molecular formula is C21H17N3O6. The zero-order valence-corrected chi connectivity index (χ0v) is 16.3. The Morgan fingerprint density at radius 2 is 2.10 bits per heavy atom. The number of carbonyl (C=O) groups excluding carboxylic acids is 1. The van der Waals surface area contributed by atoms with E-state index in [1.165, 1.54) is 4.57 Å². The summed E-state index contributed by atoms with van der Waals surface area (Å²) in [6.45, 7) is 3.30. The van der Waals surface area contributed by atoms with E-state index in [4.69, 9.17) is 4.74 Å². The summed E-state index contributed by atoms with van der Waals surface area (Å²) in [5.74, 6) is -0.780. The van der Waals surface area contributed by atoms with Crippen LogP contribution in [0, 0.1) is 17.0 Å². The molecule has 1 aromatic carbocycles. The molecule has 2 aromatic heterocycles. The number of nitro benzene ring substituents is 1. The summed E-state index contributed by atoms with van der Waals surface area (Å²) < 4.78 is 6.56. The van der Waals surface area contributed by atoms with Crippen molar-refractivity contribution in [1.82, 2.24) is 9.55 Å². The van der Waals surface area contributed by atoms with Gasteiger partial charge in [-0.2, -0.15) is 0 Å². The van der Waals surface area contributed by atoms with Gasteiger partial charge >= 0.3 is 5.97 Å². The number of aliphatic hydroxyl groups is 1. The van der Waals surface area contributed by atoms with E-state index < -0.39 is 16.5 Å². The maximum Gasteiger partial charge on any atom is 0.343 e. The van der Waals surface area contributed by atoms with Crippen LogP contribution in [-0.2, 0) is 28.3 Å². The van der Waals surface area contributed by atoms with Crippen LogP contribution in [-0.4, -0.2) is 25.6 Å². The molecule has 0 fully saturated rings. The van der Waals surface area contributed by atoms with Crippen LogP contribution in [0.2, 0.25) is 0 Å². The third kappa shape index (κ3) is 2.23. The minimum Gasteiger partial charge on any atom is -0.458 e. The second kappa shape index (κ2) is 5.96. The van der Waals surface area contributed by atoms with Gasteiger partial charge in [0.1, 0.15) is 6.61 Å². The zero-order chi connectivity index (χ0) is 21.4. The zero-order valence-electron chi connectivity index (χ0n) is 16.3. The number of benzene rings is 1. The summed E-state index contributed by atoms with van der Waals surface area (Å²) in [5.41, 5.74) is 0.832. The third-order valence-electron chi connectivity index (χ3n) is 6.05. The quantitative estimate of drug-likeness (QED) is 0.307. The van der Waals surface area contributed by atoms with Crippen LogP contribution in [0.4, 0.5) is 5.69 Å². The standard InChI is InChI=1S/C21H17N3O6/c1-3-21(27)14-7-16-17-11(8-23(16)19(25)13(14)9-30-20(21)26)6-12-15(22-17)5-4-10(2)18(12)24(28)29/h4-7,27H,3,8-9H2,1-2H3/t21-/m0/s1. The molecule has 1 N–H and O–H groups in total. The molecule has 3 aromatic rings. The number of aromatic nitrogens is 2. The topological polar surface area (TPSA) is 125 Å². The number of hydrogen-bond acceptors (Lipinski definition) is 7. The number of aryl methyl sites for hydroxylation is 1. The summed E-state index contributed by atoms with van der Waals surface area (Å²) in [4.78, 5) is 41.1. The fourth-order valence-electron chi connectivity index (χ4n) is 4.39. The van der Waals surface area contributed by atoms with E-state index in [0.29, 0.717) is 33.4 Å². The van der Waals surface area contributed by atoms with Gasteiger partial charge in [0, 0.05) is 16.7 Å². The average Bonchev–Trinajstić information content (AvgIpc) is 3.07. The monoisotopic (exact) mass is 407 g/mol. The van der Waals surface area contributed by atoms with E-state index in [2.05, 4.69) is 4.98 Å². The number of nitrogens with zero attached hydrogens (tertiary/aromatic N) is 3. The van der Waals surface area contributed by atoms with Crippen molar-refractivity contribution in [3.63, 3.8) is 0 Å². The highest BCUT2D eigenvalue weighted by molar-refractivity contribution is 5.92. The minimum atomic E-state index is -1.89. The Bertz CT molecular complexity index is 1360. The number of esters is 1. The number of ether oxygens (including phenoxy) is 1. The van der Waals surface area contributed by atoms with Crippen molar-refractivity contribution in [3.05, 3.63) is 67.0 Å². The van der Waals surface area contributed by atoms with Crippen molar-refractivity contribution < 1.29 is 19.6 Å². The van der Waals surface area contributed by atoms with Crippen LogP contribution in [0.1, 0.15) is 35.6 Å². The molecule has 5 rings (SSSR count). The smallest absolute Gasteiger partial charge is 0.343 e. The number of fused-ring (bicyclic) bond motifs is 5. The molecule has 1 atom stereocenters. The Balaban J connectivity index is 1.80. The molecule has 0 amide bonds. The highest BCUT2D eigenvalue weighted by Crippen LogP contribution is 2.39. The highest BCUT2D eigenvalue weighted by atomic mass is 16.6. The second-order valence-electron chi connectivity index (χ2n) is 7.65. The Morgan fingerprint density at radius 1 is 1.33 bits per heavy atom. The SMILES string of the molecule is CC[C@@]1(O)C(=O)OCc2c1cc1n(c2=O)Cc2cc3c([N+](=O)[O-])c(C)ccc3nc2-1. The summed E-state index contributed by atoms with van der Waals surface area (Å²) in [6, 6.07) is 6.66. The summed E-state index contributed by atoms with van der Waals surface area (Å²) in [6.07, 6.45) is 0.0607. The number of carbonyl (C=O) groups is 1. The first-order chi connectivity index (χ1) is 14.3. The first-order valence-electron chi connectivity index (χ1n) is 9.51. The van der Waals surface area contributed by atoms with Crippen LogP contribution >= 0.6 is 0 Å². The van der Waals surface area contributed by atoms with Gasteiger partial charge in [-0.1, -0.05) is 13.0 Å². The minimum absolute atomic E-state index is 0.00949. The summed E-state index contributed by atoms with van der Waals surface area (Å²) in [7, 11) is 0. The number of hydrogen-bond donors (Lipinski definition) is 1. The van der Waals surface area contributed by atoms with Gasteiger partial charge in [-0.25, -0.2) is 9.78 Å². The van der Waals surface area contributed by atoms with E-state index in [0.717, 1.165) is 0 Å². The number of cyclic esters (lactones) is 1. The molecule has 2 aliphatic heterocycles. The molecule has 0 saturated carbocycles. The van der Waals surface area contributed by atoms with Crippen molar-refractivity contribution in [1.29, 1.82) is 0 Å². The Morgan fingerprint density at radius 3 is 2.80 bits per heavy atom. The van der Waals surface area contributed by atoms with Crippen LogP contribution in [0.15, 0.2) is 29.1 Å². The van der Waals surface area contributed by atoms with Gasteiger partial charge < -0.3 is 14.4 Å². The number of rotatable bonds is 2. The lowest BCUT2D eigenvalue weighted by Crippen LogP contribution is -2.44. The average molecular weight is 407 g/mol. The third-order valence-corrected chi connectivity index (χ3v) is 6.05.